The number of ether oxygens (including phenoxy) is 6. The van der Waals surface area contributed by atoms with Gasteiger partial charge >= 0.3 is 43.6 Å². The number of carbonyl (C=O) groups is 6. The third-order valence-corrected chi connectivity index (χ3v) is 10.0. The van der Waals surface area contributed by atoms with E-state index in [9.17, 15) is 28.8 Å². The third-order valence-electron chi connectivity index (χ3n) is 8.76. The highest BCUT2D eigenvalue weighted by Crippen LogP contribution is 2.52. The predicted molar refractivity (Wildman–Crippen MR) is 238 cm³/mol. The zero-order valence-corrected chi connectivity index (χ0v) is 36.8. The lowest BCUT2D eigenvalue weighted by molar-refractivity contribution is -0.138. The maximum absolute atomic E-state index is 15.4. The summed E-state index contributed by atoms with van der Waals surface area (Å²) in [5, 5.41) is 0. The Kier molecular flexibility index (Phi) is 22.0. The van der Waals surface area contributed by atoms with Crippen LogP contribution in [0.4, 0.5) is 0 Å². The number of hydrogen-bond donors (Lipinski definition) is 0. The monoisotopic (exact) mass is 914 g/mol. The van der Waals surface area contributed by atoms with Crippen molar-refractivity contribution < 1.29 is 75.3 Å². The summed E-state index contributed by atoms with van der Waals surface area (Å²) in [6, 6.07) is 14.5. The van der Waals surface area contributed by atoms with Gasteiger partial charge in [-0.2, -0.15) is 4.57 Å². The van der Waals surface area contributed by atoms with Crippen LogP contribution < -0.4 is 13.6 Å². The Labute approximate surface area is 377 Å². The van der Waals surface area contributed by atoms with Crippen LogP contribution in [0.1, 0.15) is 33.4 Å². The van der Waals surface area contributed by atoms with Crippen LogP contribution in [0.25, 0.3) is 0 Å². The minimum atomic E-state index is -4.91. The summed E-state index contributed by atoms with van der Waals surface area (Å²) in [7, 11) is -4.91. The van der Waals surface area contributed by atoms with Crippen molar-refractivity contribution in [2.45, 2.75) is 38.5 Å². The Bertz CT molecular complexity index is 2040. The molecule has 65 heavy (non-hydrogen) atoms. The van der Waals surface area contributed by atoms with Crippen LogP contribution >= 0.6 is 7.82 Å². The van der Waals surface area contributed by atoms with Gasteiger partial charge in [0.1, 0.15) is 17.2 Å². The van der Waals surface area contributed by atoms with E-state index in [0.717, 1.165) is 36.5 Å². The number of phosphoric acid groups is 1. The van der Waals surface area contributed by atoms with Crippen LogP contribution in [0.15, 0.2) is 131 Å². The van der Waals surface area contributed by atoms with Crippen molar-refractivity contribution in [2.24, 2.45) is 0 Å². The smallest absolute Gasteiger partial charge is 0.462 e. The van der Waals surface area contributed by atoms with E-state index in [-0.39, 0.29) is 95.4 Å². The average molecular weight is 915 g/mol. The van der Waals surface area contributed by atoms with Gasteiger partial charge in [0.2, 0.25) is 0 Å². The summed E-state index contributed by atoms with van der Waals surface area (Å²) in [6.07, 6.45) is 7.05. The van der Waals surface area contributed by atoms with Crippen molar-refractivity contribution in [3.63, 3.8) is 0 Å². The molecule has 0 N–H and O–H groups in total. The van der Waals surface area contributed by atoms with E-state index in [2.05, 4.69) is 39.5 Å². The normalized spacial score (nSPS) is 10.5. The van der Waals surface area contributed by atoms with Gasteiger partial charge < -0.3 is 42.0 Å². The fourth-order valence-corrected chi connectivity index (χ4v) is 6.95. The molecule has 0 radical (unpaired) electrons. The molecule has 16 nitrogen and oxygen atoms in total. The molecule has 0 saturated heterocycles. The summed E-state index contributed by atoms with van der Waals surface area (Å²) < 4.78 is 65.3. The van der Waals surface area contributed by atoms with Crippen LogP contribution in [0.2, 0.25) is 0 Å². The highest BCUT2D eigenvalue weighted by Gasteiger charge is 2.36. The lowest BCUT2D eigenvalue weighted by Gasteiger charge is -2.24. The Morgan fingerprint density at radius 2 is 0.585 bits per heavy atom. The van der Waals surface area contributed by atoms with Gasteiger partial charge in [-0.15, -0.1) is 0 Å². The highest BCUT2D eigenvalue weighted by atomic mass is 31.2. The van der Waals surface area contributed by atoms with Gasteiger partial charge in [0.25, 0.3) is 0 Å². The van der Waals surface area contributed by atoms with Gasteiger partial charge in [-0.3, -0.25) is 0 Å². The van der Waals surface area contributed by atoms with Gasteiger partial charge in [-0.25, -0.2) is 28.8 Å². The summed E-state index contributed by atoms with van der Waals surface area (Å²) in [4.78, 5) is 71.0. The fraction of sp³-hybridized carbons (Fsp3) is 0.250. The van der Waals surface area contributed by atoms with Gasteiger partial charge in [0.05, 0.1) is 39.6 Å². The summed E-state index contributed by atoms with van der Waals surface area (Å²) >= 11 is 0. The molecule has 0 fully saturated rings. The molecule has 0 unspecified atom stereocenters. The van der Waals surface area contributed by atoms with E-state index >= 15 is 4.57 Å². The number of hydrogen-bond acceptors (Lipinski definition) is 16. The van der Waals surface area contributed by atoms with E-state index in [0.29, 0.717) is 33.4 Å². The van der Waals surface area contributed by atoms with Crippen molar-refractivity contribution in [3.05, 3.63) is 164 Å². The molecule has 0 bridgehead atoms. The first-order valence-corrected chi connectivity index (χ1v) is 21.5. The zero-order chi connectivity index (χ0) is 47.6. The molecule has 0 saturated carbocycles. The Morgan fingerprint density at radius 3 is 0.800 bits per heavy atom. The molecule has 3 aromatic rings. The molecule has 0 aliphatic rings. The Morgan fingerprint density at radius 1 is 0.369 bits per heavy atom. The number of rotatable bonds is 30. The molecule has 0 amide bonds. The second-order valence-corrected chi connectivity index (χ2v) is 14.7. The topological polar surface area (TPSA) is 203 Å². The molecule has 3 rings (SSSR count). The van der Waals surface area contributed by atoms with E-state index < -0.39 is 43.6 Å². The number of phosphoric ester groups is 1. The second kappa shape index (κ2) is 27.6. The number of benzene rings is 3. The summed E-state index contributed by atoms with van der Waals surface area (Å²) in [5.41, 5.74) is 3.20. The van der Waals surface area contributed by atoms with Gasteiger partial charge in [-0.1, -0.05) is 75.9 Å². The van der Waals surface area contributed by atoms with Crippen LogP contribution in [0.3, 0.4) is 0 Å². The quantitative estimate of drug-likeness (QED) is 0.0287. The van der Waals surface area contributed by atoms with Crippen LogP contribution in [0.5, 0.6) is 17.2 Å². The Hall–Kier alpha value is -7.45. The van der Waals surface area contributed by atoms with Crippen LogP contribution in [0, 0.1) is 0 Å². The van der Waals surface area contributed by atoms with Crippen molar-refractivity contribution in [1.29, 1.82) is 0 Å². The van der Waals surface area contributed by atoms with Crippen LogP contribution in [-0.4, -0.2) is 75.5 Å². The lowest BCUT2D eigenvalue weighted by Crippen LogP contribution is -2.13. The van der Waals surface area contributed by atoms with Crippen molar-refractivity contribution in [3.8, 4) is 17.2 Å². The fourth-order valence-electron chi connectivity index (χ4n) is 5.58. The number of esters is 6. The molecule has 0 spiro atoms. The SMILES string of the molecule is C=CC(=O)OCCc1ccc(OP(=O)(Oc2ccc(CCOC(=O)C=C)cc2CCOC(=O)C=C)Oc2ccc(CCOC(=O)C=C)cc2CCOC(=O)C=C)c(CCOC(=O)C=C)c1. The maximum atomic E-state index is 15.4. The number of carbonyl (C=O) groups excluding carboxylic acids is 6. The first-order valence-electron chi connectivity index (χ1n) is 20.0. The molecule has 344 valence electrons. The second-order valence-electron chi connectivity index (χ2n) is 13.3. The molecule has 0 heterocycles. The van der Waals surface area contributed by atoms with E-state index in [1.807, 2.05) is 0 Å². The van der Waals surface area contributed by atoms with E-state index in [4.69, 9.17) is 42.0 Å². The zero-order valence-electron chi connectivity index (χ0n) is 35.9. The summed E-state index contributed by atoms with van der Waals surface area (Å²) in [6.45, 7) is 20.0. The van der Waals surface area contributed by atoms with Gasteiger partial charge in [-0.05, 0) is 51.6 Å². The van der Waals surface area contributed by atoms with Gasteiger partial charge in [0.15, 0.2) is 0 Å². The van der Waals surface area contributed by atoms with Crippen molar-refractivity contribution in [2.75, 3.05) is 39.6 Å². The lowest BCUT2D eigenvalue weighted by atomic mass is 10.1. The van der Waals surface area contributed by atoms with Gasteiger partial charge in [0, 0.05) is 75.0 Å². The minimum Gasteiger partial charge on any atom is -0.462 e. The highest BCUT2D eigenvalue weighted by molar-refractivity contribution is 7.49. The van der Waals surface area contributed by atoms with E-state index in [1.165, 1.54) is 18.2 Å². The standard InChI is InChI=1S/C48H51O16P/c1-7-43(49)56-25-19-34-13-16-40(37(31-34)22-28-59-46(52)10-4)62-65(55,63-41-17-14-35(20-26-57-44(50)8-2)32-38(41)23-29-60-47(53)11-5)64-42-18-15-36(21-27-58-45(51)9-3)33-39(42)24-30-61-48(54)12-6/h7-18,31-33H,1-6,19-30H2. The first kappa shape index (κ1) is 51.9. The average Bonchev–Trinajstić information content (AvgIpc) is 3.30. The molecular formula is C48H51O16P. The third kappa shape index (κ3) is 18.8. The molecule has 17 heteroatoms. The summed E-state index contributed by atoms with van der Waals surface area (Å²) in [5.74, 6) is -3.87. The predicted octanol–water partition coefficient (Wildman–Crippen LogP) is 6.96. The Balaban J connectivity index is 2.18. The van der Waals surface area contributed by atoms with E-state index in [1.54, 1.807) is 36.4 Å². The molecule has 0 aliphatic heterocycles. The van der Waals surface area contributed by atoms with Crippen molar-refractivity contribution in [1.82, 2.24) is 0 Å². The maximum Gasteiger partial charge on any atom is 0.647 e. The molecule has 0 atom stereocenters. The largest absolute Gasteiger partial charge is 0.647 e. The molecule has 0 aliphatic carbocycles. The molecule has 0 aromatic heterocycles. The van der Waals surface area contributed by atoms with Crippen LogP contribution in [-0.2, 0) is 100 Å². The van der Waals surface area contributed by atoms with Crippen molar-refractivity contribution >= 4 is 43.6 Å². The first-order chi connectivity index (χ1) is 31.2. The minimum absolute atomic E-state index is 0.000873. The molecular weight excluding hydrogens is 863 g/mol. The molecule has 3 aromatic carbocycles.